The van der Waals surface area contributed by atoms with Gasteiger partial charge in [-0.1, -0.05) is 40.2 Å². The fraction of sp³-hybridized carbons (Fsp3) is 0.750. The number of ether oxygens (including phenoxy) is 2. The molecule has 0 amide bonds. The summed E-state index contributed by atoms with van der Waals surface area (Å²) in [6.45, 7) is 13.4. The highest BCUT2D eigenvalue weighted by atomic mass is 19.1. The number of halogens is 1. The summed E-state index contributed by atoms with van der Waals surface area (Å²) in [6.07, 6.45) is 6.05. The molecule has 29 heavy (non-hydrogen) atoms. The van der Waals surface area contributed by atoms with Crippen molar-refractivity contribution < 1.29 is 20.4 Å². The summed E-state index contributed by atoms with van der Waals surface area (Å²) in [7, 11) is 2.89. The highest BCUT2D eigenvalue weighted by molar-refractivity contribution is 5.32. The molecule has 172 valence electrons. The van der Waals surface area contributed by atoms with Crippen molar-refractivity contribution in [2.75, 3.05) is 34.0 Å². The molecule has 0 aromatic heterocycles. The Morgan fingerprint density at radius 3 is 2.45 bits per heavy atom. The Hall–Kier alpha value is -1.17. The summed E-state index contributed by atoms with van der Waals surface area (Å²) in [5, 5.41) is 10.1. The number of rotatable bonds is 11. The monoisotopic (exact) mass is 415 g/mol. The van der Waals surface area contributed by atoms with Gasteiger partial charge < -0.3 is 19.9 Å². The zero-order valence-electron chi connectivity index (χ0n) is 19.7. The Kier molecular flexibility index (Phi) is 15.0. The molecule has 0 spiro atoms. The van der Waals surface area contributed by atoms with Crippen LogP contribution in [0.25, 0.3) is 0 Å². The second-order valence-corrected chi connectivity index (χ2v) is 8.38. The molecule has 1 aliphatic carbocycles. The zero-order chi connectivity index (χ0) is 22.3. The van der Waals surface area contributed by atoms with Crippen molar-refractivity contribution >= 4 is 0 Å². The molecule has 0 radical (unpaired) electrons. The minimum atomic E-state index is -0.271. The number of hydrogen-bond donors (Lipinski definition) is 2. The molecule has 0 aliphatic heterocycles. The lowest BCUT2D eigenvalue weighted by atomic mass is 9.92. The van der Waals surface area contributed by atoms with Gasteiger partial charge in [0.25, 0.3) is 0 Å². The van der Waals surface area contributed by atoms with Gasteiger partial charge in [0.2, 0.25) is 0 Å². The molecule has 0 saturated heterocycles. The average molecular weight is 416 g/mol. The molecular weight excluding hydrogens is 369 g/mol. The van der Waals surface area contributed by atoms with Crippen LogP contribution < -0.4 is 10.1 Å². The highest BCUT2D eigenvalue weighted by Crippen LogP contribution is 2.31. The van der Waals surface area contributed by atoms with Gasteiger partial charge in [0, 0.05) is 21.2 Å². The normalized spacial score (nSPS) is 14.2. The molecule has 4 nitrogen and oxygen atoms in total. The number of hydrogen-bond acceptors (Lipinski definition) is 4. The molecule has 2 rings (SSSR count). The first kappa shape index (κ1) is 27.8. The van der Waals surface area contributed by atoms with Crippen molar-refractivity contribution in [3.63, 3.8) is 0 Å². The van der Waals surface area contributed by atoms with Crippen molar-refractivity contribution in [1.82, 2.24) is 5.32 Å². The number of benzene rings is 1. The third-order valence-electron chi connectivity index (χ3n) is 5.15. The van der Waals surface area contributed by atoms with E-state index >= 15 is 0 Å². The number of unbranched alkanes of at least 4 members (excludes halogenated alkanes) is 1. The van der Waals surface area contributed by atoms with E-state index in [2.05, 4.69) is 33.0 Å². The first-order valence-corrected chi connectivity index (χ1v) is 10.9. The predicted octanol–water partition coefficient (Wildman–Crippen LogP) is 5.99. The van der Waals surface area contributed by atoms with E-state index in [0.717, 1.165) is 25.9 Å². The van der Waals surface area contributed by atoms with Crippen LogP contribution in [-0.2, 0) is 4.74 Å². The van der Waals surface area contributed by atoms with Gasteiger partial charge in [-0.3, -0.25) is 0 Å². The van der Waals surface area contributed by atoms with Crippen LogP contribution in [0.15, 0.2) is 18.2 Å². The molecule has 1 saturated carbocycles. The second-order valence-electron chi connectivity index (χ2n) is 8.38. The second kappa shape index (κ2) is 15.6. The Balaban J connectivity index is 0. The fourth-order valence-electron chi connectivity index (χ4n) is 2.26. The Labute approximate surface area is 179 Å². The summed E-state index contributed by atoms with van der Waals surface area (Å²) in [5.74, 6) is 0.754. The molecule has 1 aliphatic rings. The van der Waals surface area contributed by atoms with Crippen molar-refractivity contribution in [1.29, 1.82) is 0 Å². The summed E-state index contributed by atoms with van der Waals surface area (Å²) in [4.78, 5) is 0. The molecule has 1 fully saturated rings. The first-order chi connectivity index (χ1) is 13.8. The molecular formula is C24H46FNO3. The van der Waals surface area contributed by atoms with Gasteiger partial charge in [-0.05, 0) is 68.7 Å². The van der Waals surface area contributed by atoms with Gasteiger partial charge in [-0.2, -0.15) is 0 Å². The van der Waals surface area contributed by atoms with E-state index < -0.39 is 0 Å². The Morgan fingerprint density at radius 2 is 1.93 bits per heavy atom. The topological polar surface area (TPSA) is 50.7 Å². The van der Waals surface area contributed by atoms with Crippen LogP contribution in [0.4, 0.5) is 4.39 Å². The molecule has 0 heterocycles. The number of nitrogens with one attached hydrogen (secondary N) is 1. The largest absolute Gasteiger partial charge is 0.490 e. The van der Waals surface area contributed by atoms with E-state index in [0.29, 0.717) is 23.7 Å². The average Bonchev–Trinajstić information content (AvgIpc) is 3.56. The van der Waals surface area contributed by atoms with Gasteiger partial charge >= 0.3 is 0 Å². The van der Waals surface area contributed by atoms with E-state index in [-0.39, 0.29) is 13.3 Å². The maximum Gasteiger partial charge on any atom is 0.165 e. The lowest BCUT2D eigenvalue weighted by molar-refractivity contribution is 0.0587. The van der Waals surface area contributed by atoms with E-state index in [1.807, 2.05) is 14.0 Å². The Morgan fingerprint density at radius 1 is 1.28 bits per heavy atom. The maximum atomic E-state index is 13.5. The van der Waals surface area contributed by atoms with Crippen LogP contribution in [-0.4, -0.2) is 39.1 Å². The van der Waals surface area contributed by atoms with Gasteiger partial charge in [0.15, 0.2) is 11.6 Å². The fourth-order valence-corrected chi connectivity index (χ4v) is 2.26. The van der Waals surface area contributed by atoms with E-state index in [1.165, 1.54) is 38.2 Å². The summed E-state index contributed by atoms with van der Waals surface area (Å²) >= 11 is 0. The Bertz CT molecular complexity index is 539. The SMILES string of the molecule is CCCCOCC(C)(C)CC.CNC(C)c1ccc(F)c(OCC2CC2)c1.CO.[HH]. The molecule has 2 N–H and O–H groups in total. The third-order valence-corrected chi connectivity index (χ3v) is 5.15. The minimum absolute atomic E-state index is 0. The summed E-state index contributed by atoms with van der Waals surface area (Å²) in [5.41, 5.74) is 1.42. The van der Waals surface area contributed by atoms with Crippen molar-refractivity contribution in [3.05, 3.63) is 29.6 Å². The predicted molar refractivity (Wildman–Crippen MR) is 122 cm³/mol. The number of aliphatic hydroxyl groups excluding tert-OH is 1. The minimum Gasteiger partial charge on any atom is -0.490 e. The molecule has 5 heteroatoms. The van der Waals surface area contributed by atoms with Gasteiger partial charge in [0.05, 0.1) is 13.2 Å². The van der Waals surface area contributed by atoms with Crippen LogP contribution in [0.3, 0.4) is 0 Å². The van der Waals surface area contributed by atoms with E-state index in [4.69, 9.17) is 14.6 Å². The first-order valence-electron chi connectivity index (χ1n) is 10.9. The summed E-state index contributed by atoms with van der Waals surface area (Å²) in [6, 6.07) is 5.27. The lowest BCUT2D eigenvalue weighted by Crippen LogP contribution is -2.18. The highest BCUT2D eigenvalue weighted by Gasteiger charge is 2.22. The van der Waals surface area contributed by atoms with Gasteiger partial charge in [0.1, 0.15) is 0 Å². The van der Waals surface area contributed by atoms with Crippen molar-refractivity contribution in [2.24, 2.45) is 11.3 Å². The van der Waals surface area contributed by atoms with Gasteiger partial charge in [-0.25, -0.2) is 4.39 Å². The molecule has 0 bridgehead atoms. The maximum absolute atomic E-state index is 13.5. The zero-order valence-corrected chi connectivity index (χ0v) is 19.7. The summed E-state index contributed by atoms with van der Waals surface area (Å²) < 4.78 is 24.5. The molecule has 1 aromatic rings. The molecule has 1 aromatic carbocycles. The standard InChI is InChI=1S/C13H18FNO.C10H22O.CH4O.H2/c1-9(15-2)11-5-6-12(14)13(7-11)16-8-10-3-4-10;1-5-7-8-11-9-10(3,4)6-2;1-2;/h5-7,9-10,15H,3-4,8H2,1-2H3;5-9H2,1-4H3;2H,1H3;1H. The van der Waals surface area contributed by atoms with Crippen molar-refractivity contribution in [2.45, 2.75) is 72.8 Å². The lowest BCUT2D eigenvalue weighted by Gasteiger charge is -2.21. The van der Waals surface area contributed by atoms with Crippen LogP contribution in [0.5, 0.6) is 5.75 Å². The smallest absolute Gasteiger partial charge is 0.165 e. The van der Waals surface area contributed by atoms with Crippen molar-refractivity contribution in [3.8, 4) is 5.75 Å². The third kappa shape index (κ3) is 12.9. The van der Waals surface area contributed by atoms with Crippen LogP contribution in [0.1, 0.15) is 79.8 Å². The number of aliphatic hydroxyl groups is 1. The molecule has 1 atom stereocenters. The quantitative estimate of drug-likeness (QED) is 0.436. The van der Waals surface area contributed by atoms with E-state index in [9.17, 15) is 4.39 Å². The van der Waals surface area contributed by atoms with Crippen LogP contribution >= 0.6 is 0 Å². The van der Waals surface area contributed by atoms with Crippen LogP contribution in [0, 0.1) is 17.2 Å². The van der Waals surface area contributed by atoms with Gasteiger partial charge in [-0.15, -0.1) is 0 Å². The van der Waals surface area contributed by atoms with E-state index in [1.54, 1.807) is 12.1 Å². The molecule has 1 unspecified atom stereocenters. The van der Waals surface area contributed by atoms with Crippen LogP contribution in [0.2, 0.25) is 0 Å².